The number of carbonyl (C=O) groups excluding carboxylic acids is 1. The predicted octanol–water partition coefficient (Wildman–Crippen LogP) is 3.79. The summed E-state index contributed by atoms with van der Waals surface area (Å²) in [6.45, 7) is 2.71. The minimum atomic E-state index is -0.861. The van der Waals surface area contributed by atoms with Crippen LogP contribution in [0.3, 0.4) is 0 Å². The summed E-state index contributed by atoms with van der Waals surface area (Å²) in [4.78, 5) is 16.7. The van der Waals surface area contributed by atoms with Gasteiger partial charge in [-0.2, -0.15) is 5.10 Å². The fourth-order valence-corrected chi connectivity index (χ4v) is 4.20. The maximum Gasteiger partial charge on any atom is 0.238 e. The molecule has 0 saturated carbocycles. The summed E-state index contributed by atoms with van der Waals surface area (Å²) in [5.41, 5.74) is 2.67. The summed E-state index contributed by atoms with van der Waals surface area (Å²) in [7, 11) is 3.35. The average Bonchev–Trinajstić information content (AvgIpc) is 3.14. The summed E-state index contributed by atoms with van der Waals surface area (Å²) in [5.74, 6) is -1.25. The van der Waals surface area contributed by atoms with Gasteiger partial charge in [-0.05, 0) is 30.3 Å². The highest BCUT2D eigenvalue weighted by atomic mass is 35.5. The Bertz CT molecular complexity index is 1140. The largest absolute Gasteiger partial charge is 0.496 e. The van der Waals surface area contributed by atoms with Gasteiger partial charge in [-0.3, -0.25) is 14.4 Å². The fourth-order valence-electron chi connectivity index (χ4n) is 3.93. The van der Waals surface area contributed by atoms with Crippen LogP contribution in [0.4, 0.5) is 20.2 Å². The zero-order valence-electron chi connectivity index (χ0n) is 18.3. The lowest BCUT2D eigenvalue weighted by Crippen LogP contribution is -2.48. The minimum Gasteiger partial charge on any atom is -0.496 e. The molecule has 174 valence electrons. The molecule has 10 heteroatoms. The Balaban J connectivity index is 1.37. The molecule has 0 radical (unpaired) electrons. The third-order valence-electron chi connectivity index (χ3n) is 5.64. The first-order valence-corrected chi connectivity index (χ1v) is 10.8. The van der Waals surface area contributed by atoms with E-state index in [1.54, 1.807) is 49.3 Å². The van der Waals surface area contributed by atoms with Gasteiger partial charge in [-0.25, -0.2) is 8.78 Å². The molecular weight excluding hydrogens is 452 g/mol. The van der Waals surface area contributed by atoms with E-state index < -0.39 is 11.6 Å². The number of rotatable bonds is 6. The molecule has 2 aromatic carbocycles. The van der Waals surface area contributed by atoms with Gasteiger partial charge in [0.15, 0.2) is 11.6 Å². The average molecular weight is 476 g/mol. The van der Waals surface area contributed by atoms with Gasteiger partial charge >= 0.3 is 0 Å². The second-order valence-corrected chi connectivity index (χ2v) is 8.20. The molecule has 1 N–H and O–H groups in total. The number of hydrogen-bond acceptors (Lipinski definition) is 5. The molecule has 1 fully saturated rings. The van der Waals surface area contributed by atoms with E-state index in [1.165, 1.54) is 6.07 Å². The number of halogens is 3. The molecule has 2 heterocycles. The van der Waals surface area contributed by atoms with Crippen molar-refractivity contribution in [1.29, 1.82) is 0 Å². The number of nitrogens with one attached hydrogen (secondary N) is 1. The second kappa shape index (κ2) is 9.76. The topological polar surface area (TPSA) is 62.6 Å². The van der Waals surface area contributed by atoms with E-state index in [1.807, 2.05) is 9.80 Å². The normalized spacial score (nSPS) is 14.4. The molecule has 0 bridgehead atoms. The number of hydrogen-bond donors (Lipinski definition) is 1. The van der Waals surface area contributed by atoms with Crippen LogP contribution < -0.4 is 15.0 Å². The Morgan fingerprint density at radius 3 is 2.52 bits per heavy atom. The van der Waals surface area contributed by atoms with Crippen molar-refractivity contribution >= 4 is 28.9 Å². The Labute approximate surface area is 195 Å². The molecule has 1 amide bonds. The van der Waals surface area contributed by atoms with Gasteiger partial charge in [0.25, 0.3) is 0 Å². The first kappa shape index (κ1) is 23.0. The van der Waals surface area contributed by atoms with E-state index in [0.717, 1.165) is 11.6 Å². The minimum absolute atomic E-state index is 0.150. The maximum absolute atomic E-state index is 13.5. The number of aromatic nitrogens is 2. The Morgan fingerprint density at radius 2 is 1.88 bits per heavy atom. The van der Waals surface area contributed by atoms with Crippen molar-refractivity contribution in [3.8, 4) is 17.0 Å². The standard InChI is InChI=1S/C23H24ClF2N5O2/c1-29-23(18(24)13-27-29)17-11-15(3-6-21(17)33-2)28-22(32)14-30-7-9-31(10-8-30)16-4-5-19(25)20(26)12-16/h3-6,11-13H,7-10,14H2,1-2H3,(H,28,32). The van der Waals surface area contributed by atoms with Crippen LogP contribution in [0.1, 0.15) is 0 Å². The van der Waals surface area contributed by atoms with Crippen LogP contribution in [0.5, 0.6) is 5.75 Å². The third kappa shape index (κ3) is 5.09. The number of aryl methyl sites for hydroxylation is 1. The smallest absolute Gasteiger partial charge is 0.238 e. The van der Waals surface area contributed by atoms with Gasteiger partial charge in [-0.1, -0.05) is 11.6 Å². The lowest BCUT2D eigenvalue weighted by Gasteiger charge is -2.35. The highest BCUT2D eigenvalue weighted by molar-refractivity contribution is 6.33. The molecule has 7 nitrogen and oxygen atoms in total. The summed E-state index contributed by atoms with van der Waals surface area (Å²) >= 11 is 6.29. The SMILES string of the molecule is COc1ccc(NC(=O)CN2CCN(c3ccc(F)c(F)c3)CC2)cc1-c1c(Cl)cnn1C. The van der Waals surface area contributed by atoms with Gasteiger partial charge in [0, 0.05) is 56.2 Å². The van der Waals surface area contributed by atoms with E-state index in [4.69, 9.17) is 16.3 Å². The van der Waals surface area contributed by atoms with Crippen molar-refractivity contribution in [3.05, 3.63) is 59.3 Å². The van der Waals surface area contributed by atoms with Crippen molar-refractivity contribution in [2.24, 2.45) is 7.05 Å². The highest BCUT2D eigenvalue weighted by Crippen LogP contribution is 2.36. The summed E-state index contributed by atoms with van der Waals surface area (Å²) in [6.07, 6.45) is 1.56. The van der Waals surface area contributed by atoms with Gasteiger partial charge in [0.05, 0.1) is 30.6 Å². The Kier molecular flexibility index (Phi) is 6.80. The summed E-state index contributed by atoms with van der Waals surface area (Å²) < 4.78 is 33.8. The first-order valence-electron chi connectivity index (χ1n) is 10.4. The molecule has 0 spiro atoms. The van der Waals surface area contributed by atoms with E-state index in [9.17, 15) is 13.6 Å². The van der Waals surface area contributed by atoms with E-state index in [-0.39, 0.29) is 12.5 Å². The summed E-state index contributed by atoms with van der Waals surface area (Å²) in [6, 6.07) is 9.25. The van der Waals surface area contributed by atoms with Gasteiger partial charge in [0.1, 0.15) is 5.75 Å². The number of piperazine rings is 1. The number of benzene rings is 2. The molecule has 1 aliphatic rings. The third-order valence-corrected chi connectivity index (χ3v) is 5.92. The predicted molar refractivity (Wildman–Crippen MR) is 124 cm³/mol. The van der Waals surface area contributed by atoms with E-state index in [2.05, 4.69) is 10.4 Å². The van der Waals surface area contributed by atoms with Crippen molar-refractivity contribution < 1.29 is 18.3 Å². The van der Waals surface area contributed by atoms with Crippen molar-refractivity contribution in [2.75, 3.05) is 50.1 Å². The highest BCUT2D eigenvalue weighted by Gasteiger charge is 2.21. The molecule has 1 aliphatic heterocycles. The monoisotopic (exact) mass is 475 g/mol. The van der Waals surface area contributed by atoms with E-state index in [0.29, 0.717) is 54.0 Å². The van der Waals surface area contributed by atoms with Gasteiger partial charge < -0.3 is 15.0 Å². The van der Waals surface area contributed by atoms with Crippen molar-refractivity contribution in [1.82, 2.24) is 14.7 Å². The molecule has 3 aromatic rings. The quantitative estimate of drug-likeness (QED) is 0.588. The molecule has 1 aromatic heterocycles. The molecule has 0 unspecified atom stereocenters. The number of ether oxygens (including phenoxy) is 1. The zero-order valence-corrected chi connectivity index (χ0v) is 19.1. The van der Waals surface area contributed by atoms with Crippen molar-refractivity contribution in [3.63, 3.8) is 0 Å². The lowest BCUT2D eigenvalue weighted by atomic mass is 10.1. The molecule has 0 atom stereocenters. The van der Waals surface area contributed by atoms with Crippen LogP contribution in [0.2, 0.25) is 5.02 Å². The zero-order chi connectivity index (χ0) is 23.5. The molecule has 1 saturated heterocycles. The molecular formula is C23H24ClF2N5O2. The lowest BCUT2D eigenvalue weighted by molar-refractivity contribution is -0.117. The Morgan fingerprint density at radius 1 is 1.12 bits per heavy atom. The van der Waals surface area contributed by atoms with Crippen LogP contribution in [-0.2, 0) is 11.8 Å². The second-order valence-electron chi connectivity index (χ2n) is 7.79. The molecule has 4 rings (SSSR count). The van der Waals surface area contributed by atoms with Crippen LogP contribution in [-0.4, -0.2) is 60.4 Å². The van der Waals surface area contributed by atoms with Crippen LogP contribution in [0.15, 0.2) is 42.6 Å². The molecule has 0 aliphatic carbocycles. The number of amides is 1. The Hall–Kier alpha value is -3.17. The molecule has 33 heavy (non-hydrogen) atoms. The van der Waals surface area contributed by atoms with Gasteiger partial charge in [-0.15, -0.1) is 0 Å². The van der Waals surface area contributed by atoms with Crippen molar-refractivity contribution in [2.45, 2.75) is 0 Å². The first-order chi connectivity index (χ1) is 15.9. The maximum atomic E-state index is 13.5. The number of nitrogens with zero attached hydrogens (tertiary/aromatic N) is 4. The van der Waals surface area contributed by atoms with Crippen LogP contribution in [0, 0.1) is 11.6 Å². The van der Waals surface area contributed by atoms with E-state index >= 15 is 0 Å². The number of carbonyl (C=O) groups is 1. The number of anilines is 2. The summed E-state index contributed by atoms with van der Waals surface area (Å²) in [5, 5.41) is 7.57. The van der Waals surface area contributed by atoms with Crippen LogP contribution in [0.25, 0.3) is 11.3 Å². The number of methoxy groups -OCH3 is 1. The van der Waals surface area contributed by atoms with Gasteiger partial charge in [0.2, 0.25) is 5.91 Å². The fraction of sp³-hybridized carbons (Fsp3) is 0.304. The van der Waals surface area contributed by atoms with Crippen LogP contribution >= 0.6 is 11.6 Å².